The number of hydrogen-bond donors (Lipinski definition) is 12. The van der Waals surface area contributed by atoms with E-state index in [0.717, 1.165) is 0 Å². The zero-order chi connectivity index (χ0) is 28.8. The Bertz CT molecular complexity index is 1470. The number of nitrogens with two attached hydrogens (primary N) is 2. The first-order valence-corrected chi connectivity index (χ1v) is 11.3. The molecule has 0 spiro atoms. The summed E-state index contributed by atoms with van der Waals surface area (Å²) in [6.45, 7) is 0. The van der Waals surface area contributed by atoms with Gasteiger partial charge in [-0.25, -0.2) is 31.2 Å². The number of aromatic hydroxyl groups is 2. The van der Waals surface area contributed by atoms with Gasteiger partial charge < -0.3 is 42.1 Å². The highest BCUT2D eigenvalue weighted by molar-refractivity contribution is 5.92. The third kappa shape index (κ3) is 5.93. The number of anilines is 6. The minimum absolute atomic E-state index is 0.233. The number of carboxylic acid groups (broad SMARTS) is 2. The van der Waals surface area contributed by atoms with Gasteiger partial charge in [-0.1, -0.05) is 0 Å². The van der Waals surface area contributed by atoms with Gasteiger partial charge in [-0.15, -0.1) is 0 Å². The van der Waals surface area contributed by atoms with E-state index in [1.807, 2.05) is 0 Å². The smallest absolute Gasteiger partial charge is 0.339 e. The fourth-order valence-electron chi connectivity index (χ4n) is 3.47. The van der Waals surface area contributed by atoms with Crippen molar-refractivity contribution in [3.05, 3.63) is 71.8 Å². The minimum Gasteiger partial charge on any atom is -0.507 e. The van der Waals surface area contributed by atoms with E-state index in [1.165, 1.54) is 36.4 Å². The minimum atomic E-state index is -1.28. The molecular formula is C24H24N10O6. The first-order valence-electron chi connectivity index (χ1n) is 11.3. The maximum atomic E-state index is 11.2. The number of hydrazine groups is 4. The lowest BCUT2D eigenvalue weighted by Gasteiger charge is -2.16. The van der Waals surface area contributed by atoms with Crippen LogP contribution in [0.4, 0.5) is 34.4 Å². The Labute approximate surface area is 225 Å². The van der Waals surface area contributed by atoms with E-state index in [1.54, 1.807) is 24.3 Å². The molecule has 4 aromatic rings. The summed E-state index contributed by atoms with van der Waals surface area (Å²) in [5.74, 6) is 8.48. The third-order valence-corrected chi connectivity index (χ3v) is 5.46. The van der Waals surface area contributed by atoms with Crippen LogP contribution in [0.5, 0.6) is 11.5 Å². The van der Waals surface area contributed by atoms with Crippen LogP contribution in [-0.4, -0.2) is 42.3 Å². The molecule has 2 aromatic carbocycles. The second-order valence-corrected chi connectivity index (χ2v) is 8.05. The lowest BCUT2D eigenvalue weighted by atomic mass is 10.2. The molecule has 40 heavy (non-hydrogen) atoms. The highest BCUT2D eigenvalue weighted by atomic mass is 16.4. The molecule has 0 aliphatic rings. The van der Waals surface area contributed by atoms with Crippen molar-refractivity contribution in [1.29, 1.82) is 0 Å². The monoisotopic (exact) mass is 548 g/mol. The molecule has 0 saturated carbocycles. The van der Waals surface area contributed by atoms with E-state index in [2.05, 4.69) is 42.5 Å². The van der Waals surface area contributed by atoms with Gasteiger partial charge in [0, 0.05) is 0 Å². The van der Waals surface area contributed by atoms with Crippen LogP contribution in [0.3, 0.4) is 0 Å². The zero-order valence-electron chi connectivity index (χ0n) is 20.4. The van der Waals surface area contributed by atoms with E-state index in [4.69, 9.17) is 11.7 Å². The number of hydrogen-bond acceptors (Lipinski definition) is 14. The van der Waals surface area contributed by atoms with Gasteiger partial charge in [0.2, 0.25) is 0 Å². The van der Waals surface area contributed by atoms with Crippen LogP contribution in [0.2, 0.25) is 0 Å². The highest BCUT2D eigenvalue weighted by Crippen LogP contribution is 2.29. The molecule has 0 aliphatic heterocycles. The number of pyridine rings is 2. The first-order chi connectivity index (χ1) is 19.2. The average molecular weight is 549 g/mol. The molecule has 0 amide bonds. The maximum Gasteiger partial charge on any atom is 0.339 e. The lowest BCUT2D eigenvalue weighted by Crippen LogP contribution is -2.17. The Morgan fingerprint density at radius 2 is 1.00 bits per heavy atom. The van der Waals surface area contributed by atoms with Crippen molar-refractivity contribution in [3.63, 3.8) is 0 Å². The van der Waals surface area contributed by atoms with Gasteiger partial charge in [-0.05, 0) is 60.7 Å². The summed E-state index contributed by atoms with van der Waals surface area (Å²) in [5.41, 5.74) is 18.2. The molecule has 206 valence electrons. The van der Waals surface area contributed by atoms with E-state index in [-0.39, 0.29) is 34.3 Å². The van der Waals surface area contributed by atoms with Crippen LogP contribution in [0.1, 0.15) is 20.7 Å². The van der Waals surface area contributed by atoms with Crippen LogP contribution in [0.15, 0.2) is 60.7 Å². The number of nitrogens with zero attached hydrogens (tertiary/aromatic N) is 2. The number of phenols is 2. The van der Waals surface area contributed by atoms with Crippen LogP contribution in [-0.2, 0) is 0 Å². The Morgan fingerprint density at radius 1 is 0.600 bits per heavy atom. The summed E-state index contributed by atoms with van der Waals surface area (Å²) in [5, 5.41) is 37.7. The molecule has 0 saturated heterocycles. The molecule has 0 radical (unpaired) electrons. The van der Waals surface area contributed by atoms with Gasteiger partial charge in [-0.3, -0.25) is 10.9 Å². The predicted molar refractivity (Wildman–Crippen MR) is 148 cm³/mol. The van der Waals surface area contributed by atoms with Gasteiger partial charge in [0.25, 0.3) is 0 Å². The van der Waals surface area contributed by atoms with E-state index in [0.29, 0.717) is 34.1 Å². The number of carbonyl (C=O) groups is 2. The lowest BCUT2D eigenvalue weighted by molar-refractivity contribution is 0.0682. The number of nitrogens with one attached hydrogen (secondary N) is 6. The molecule has 2 heterocycles. The molecule has 4 rings (SSSR count). The zero-order valence-corrected chi connectivity index (χ0v) is 20.4. The van der Waals surface area contributed by atoms with Crippen molar-refractivity contribution in [1.82, 2.24) is 9.97 Å². The van der Waals surface area contributed by atoms with E-state index < -0.39 is 11.9 Å². The van der Waals surface area contributed by atoms with Gasteiger partial charge in [0.15, 0.2) is 11.6 Å². The number of aromatic nitrogens is 2. The quantitative estimate of drug-likeness (QED) is 0.0728. The Kier molecular flexibility index (Phi) is 7.84. The summed E-state index contributed by atoms with van der Waals surface area (Å²) in [6, 6.07) is 14.6. The van der Waals surface area contributed by atoms with Gasteiger partial charge in [0.1, 0.15) is 22.6 Å². The van der Waals surface area contributed by atoms with Crippen molar-refractivity contribution in [2.75, 3.05) is 32.6 Å². The maximum absolute atomic E-state index is 11.2. The molecule has 16 heteroatoms. The Hall–Kier alpha value is -6.00. The van der Waals surface area contributed by atoms with Crippen LogP contribution >= 0.6 is 0 Å². The van der Waals surface area contributed by atoms with Crippen LogP contribution in [0, 0.1) is 0 Å². The number of aromatic carboxylic acids is 2. The van der Waals surface area contributed by atoms with Crippen LogP contribution < -0.4 is 44.2 Å². The van der Waals surface area contributed by atoms with Crippen molar-refractivity contribution >= 4 is 46.3 Å². The van der Waals surface area contributed by atoms with Crippen molar-refractivity contribution in [3.8, 4) is 22.9 Å². The summed E-state index contributed by atoms with van der Waals surface area (Å²) in [6.07, 6.45) is 0. The topological polar surface area (TPSA) is 265 Å². The highest BCUT2D eigenvalue weighted by Gasteiger charge is 2.14. The average Bonchev–Trinajstić information content (AvgIpc) is 2.95. The summed E-state index contributed by atoms with van der Waals surface area (Å²) >= 11 is 0. The number of benzene rings is 2. The normalized spacial score (nSPS) is 10.3. The molecule has 14 N–H and O–H groups in total. The molecule has 2 aromatic heterocycles. The Balaban J connectivity index is 1.50. The predicted octanol–water partition coefficient (Wildman–Crippen LogP) is 2.40. The van der Waals surface area contributed by atoms with Gasteiger partial charge in [-0.2, -0.15) is 0 Å². The van der Waals surface area contributed by atoms with E-state index in [9.17, 15) is 30.0 Å². The molecule has 0 atom stereocenters. The second-order valence-electron chi connectivity index (χ2n) is 8.05. The number of carboxylic acids is 2. The summed E-state index contributed by atoms with van der Waals surface area (Å²) in [7, 11) is 0. The summed E-state index contributed by atoms with van der Waals surface area (Å²) in [4.78, 5) is 31.4. The van der Waals surface area contributed by atoms with Gasteiger partial charge >= 0.3 is 11.9 Å². The van der Waals surface area contributed by atoms with Crippen molar-refractivity contribution < 1.29 is 30.0 Å². The summed E-state index contributed by atoms with van der Waals surface area (Å²) < 4.78 is 0. The molecule has 0 bridgehead atoms. The second kappa shape index (κ2) is 11.6. The Morgan fingerprint density at radius 3 is 1.35 bits per heavy atom. The molecule has 16 nitrogen and oxygen atoms in total. The number of nitrogen functional groups attached to an aromatic ring is 2. The van der Waals surface area contributed by atoms with Crippen LogP contribution in [0.25, 0.3) is 11.4 Å². The standard InChI is InChI=1S/C24H24N10O6/c25-29-21-17(33-31-11-1-7-19(35)13(9-11)23(37)38)5-3-15(27-21)16-4-6-18(22(28-16)30-26)34-32-12-2-8-20(36)14(10-12)24(39)40/h1-10,31-36H,25-26H2,(H,27,29)(H,28,30)(H,37,38)(H,39,40). The van der Waals surface area contributed by atoms with Gasteiger partial charge in [0.05, 0.1) is 34.1 Å². The molecular weight excluding hydrogens is 524 g/mol. The molecule has 0 aliphatic carbocycles. The largest absolute Gasteiger partial charge is 0.507 e. The fourth-order valence-corrected chi connectivity index (χ4v) is 3.47. The SMILES string of the molecule is NNc1nc(-c2ccc(NNc3ccc(O)c(C(=O)O)c3)c(NN)n2)ccc1NNc1ccc(O)c(C(=O)O)c1. The molecule has 0 unspecified atom stereocenters. The van der Waals surface area contributed by atoms with E-state index >= 15 is 0 Å². The molecule has 0 fully saturated rings. The number of rotatable bonds is 11. The van der Waals surface area contributed by atoms with Crippen molar-refractivity contribution in [2.45, 2.75) is 0 Å². The third-order valence-electron chi connectivity index (χ3n) is 5.46. The first kappa shape index (κ1) is 27.0. The fraction of sp³-hybridized carbons (Fsp3) is 0. The van der Waals surface area contributed by atoms with Crippen molar-refractivity contribution in [2.24, 2.45) is 11.7 Å².